The van der Waals surface area contributed by atoms with Gasteiger partial charge in [-0.2, -0.15) is 0 Å². The van der Waals surface area contributed by atoms with Crippen LogP contribution in [0.2, 0.25) is 0 Å². The Labute approximate surface area is 127 Å². The summed E-state index contributed by atoms with van der Waals surface area (Å²) < 4.78 is 23.5. The smallest absolute Gasteiger partial charge is 0.330 e. The number of rotatable bonds is 3. The number of hydrogen-bond acceptors (Lipinski definition) is 6. The number of ether oxygens (including phenoxy) is 2. The summed E-state index contributed by atoms with van der Waals surface area (Å²) in [4.78, 5) is 23.7. The molecule has 21 heavy (non-hydrogen) atoms. The van der Waals surface area contributed by atoms with Crippen LogP contribution in [-0.2, 0) is 14.3 Å². The number of hydrogen-bond donors (Lipinski definition) is 0. The normalized spacial score (nSPS) is 18.4. The van der Waals surface area contributed by atoms with Crippen LogP contribution in [0.1, 0.15) is 0 Å². The van der Waals surface area contributed by atoms with Gasteiger partial charge in [-0.3, -0.25) is 10.1 Å². The van der Waals surface area contributed by atoms with Gasteiger partial charge in [0.25, 0.3) is 5.69 Å². The van der Waals surface area contributed by atoms with Gasteiger partial charge in [0.15, 0.2) is 6.04 Å². The number of nitro benzene ring substituents is 1. The Balaban J connectivity index is 2.49. The molecule has 0 N–H and O–H groups in total. The number of benzene rings is 1. The van der Waals surface area contributed by atoms with Crippen LogP contribution in [0.3, 0.4) is 0 Å². The highest BCUT2D eigenvalue weighted by molar-refractivity contribution is 9.10. The Kier molecular flexibility index (Phi) is 4.73. The average molecular weight is 363 g/mol. The number of carbonyl (C=O) groups excluding carboxylic acids is 1. The second-order valence-corrected chi connectivity index (χ2v) is 5.17. The van der Waals surface area contributed by atoms with Crippen molar-refractivity contribution in [3.8, 4) is 0 Å². The monoisotopic (exact) mass is 362 g/mol. The summed E-state index contributed by atoms with van der Waals surface area (Å²) >= 11 is 3.00. The van der Waals surface area contributed by atoms with Crippen molar-refractivity contribution < 1.29 is 23.6 Å². The van der Waals surface area contributed by atoms with E-state index in [4.69, 9.17) is 4.74 Å². The predicted octanol–water partition coefficient (Wildman–Crippen LogP) is 1.87. The molecule has 114 valence electrons. The van der Waals surface area contributed by atoms with Crippen LogP contribution in [-0.4, -0.2) is 43.8 Å². The maximum Gasteiger partial charge on any atom is 0.330 e. The zero-order valence-electron chi connectivity index (χ0n) is 11.0. The SMILES string of the molecule is COC(=O)C1COCCN1c1cc(Br)c(F)cc1[N+](=O)[O-]. The van der Waals surface area contributed by atoms with E-state index < -0.39 is 28.4 Å². The number of anilines is 1. The predicted molar refractivity (Wildman–Crippen MR) is 74.7 cm³/mol. The Morgan fingerprint density at radius 1 is 1.62 bits per heavy atom. The molecule has 0 radical (unpaired) electrons. The van der Waals surface area contributed by atoms with Crippen molar-refractivity contribution in [1.82, 2.24) is 0 Å². The van der Waals surface area contributed by atoms with E-state index in [0.29, 0.717) is 6.61 Å². The summed E-state index contributed by atoms with van der Waals surface area (Å²) in [5.74, 6) is -1.31. The highest BCUT2D eigenvalue weighted by atomic mass is 79.9. The Bertz CT molecular complexity index is 583. The van der Waals surface area contributed by atoms with Crippen LogP contribution in [0.5, 0.6) is 0 Å². The van der Waals surface area contributed by atoms with Crippen molar-refractivity contribution in [2.45, 2.75) is 6.04 Å². The fraction of sp³-hybridized carbons (Fsp3) is 0.417. The fourth-order valence-corrected chi connectivity index (χ4v) is 2.46. The lowest BCUT2D eigenvalue weighted by molar-refractivity contribution is -0.384. The van der Waals surface area contributed by atoms with Crippen molar-refractivity contribution in [3.63, 3.8) is 0 Å². The molecule has 1 unspecified atom stereocenters. The number of nitro groups is 1. The van der Waals surface area contributed by atoms with E-state index in [1.165, 1.54) is 18.1 Å². The number of carbonyl (C=O) groups is 1. The van der Waals surface area contributed by atoms with Gasteiger partial charge in [-0.15, -0.1) is 0 Å². The van der Waals surface area contributed by atoms with Gasteiger partial charge in [0.1, 0.15) is 11.5 Å². The number of morpholine rings is 1. The molecule has 7 nitrogen and oxygen atoms in total. The van der Waals surface area contributed by atoms with E-state index in [-0.39, 0.29) is 23.3 Å². The number of halogens is 2. The molecule has 0 aromatic heterocycles. The van der Waals surface area contributed by atoms with Crippen LogP contribution in [0.25, 0.3) is 0 Å². The molecule has 0 amide bonds. The summed E-state index contributed by atoms with van der Waals surface area (Å²) in [6.07, 6.45) is 0. The van der Waals surface area contributed by atoms with E-state index in [9.17, 15) is 19.3 Å². The maximum atomic E-state index is 13.5. The van der Waals surface area contributed by atoms with E-state index in [2.05, 4.69) is 20.7 Å². The minimum atomic E-state index is -0.806. The lowest BCUT2D eigenvalue weighted by Gasteiger charge is -2.35. The summed E-state index contributed by atoms with van der Waals surface area (Å²) in [6.45, 7) is 0.622. The van der Waals surface area contributed by atoms with Gasteiger partial charge in [-0.1, -0.05) is 0 Å². The van der Waals surface area contributed by atoms with Gasteiger partial charge in [0.05, 0.1) is 35.8 Å². The molecule has 9 heteroatoms. The molecular formula is C12H12BrFN2O5. The topological polar surface area (TPSA) is 81.9 Å². The second-order valence-electron chi connectivity index (χ2n) is 4.32. The first-order valence-electron chi connectivity index (χ1n) is 6.01. The van der Waals surface area contributed by atoms with Gasteiger partial charge < -0.3 is 14.4 Å². The molecule has 1 atom stereocenters. The van der Waals surface area contributed by atoms with Crippen LogP contribution < -0.4 is 4.90 Å². The Hall–Kier alpha value is -1.74. The molecule has 1 aromatic carbocycles. The molecule has 0 spiro atoms. The van der Waals surface area contributed by atoms with Crippen LogP contribution >= 0.6 is 15.9 Å². The first-order valence-corrected chi connectivity index (χ1v) is 6.80. The minimum absolute atomic E-state index is 0.0544. The zero-order valence-corrected chi connectivity index (χ0v) is 12.6. The molecule has 1 aromatic rings. The van der Waals surface area contributed by atoms with E-state index >= 15 is 0 Å². The lowest BCUT2D eigenvalue weighted by atomic mass is 10.1. The Morgan fingerprint density at radius 2 is 2.33 bits per heavy atom. The molecule has 1 heterocycles. The minimum Gasteiger partial charge on any atom is -0.467 e. The highest BCUT2D eigenvalue weighted by Crippen LogP contribution is 2.35. The second kappa shape index (κ2) is 6.35. The summed E-state index contributed by atoms with van der Waals surface area (Å²) in [7, 11) is 1.23. The lowest BCUT2D eigenvalue weighted by Crippen LogP contribution is -2.50. The number of methoxy groups -OCH3 is 1. The molecule has 1 fully saturated rings. The van der Waals surface area contributed by atoms with Crippen molar-refractivity contribution in [3.05, 3.63) is 32.5 Å². The summed E-state index contributed by atoms with van der Waals surface area (Å²) in [5.41, 5.74) is -0.265. The molecule has 0 bridgehead atoms. The van der Waals surface area contributed by atoms with Crippen molar-refractivity contribution in [2.75, 3.05) is 31.8 Å². The van der Waals surface area contributed by atoms with Crippen LogP contribution in [0, 0.1) is 15.9 Å². The third kappa shape index (κ3) is 3.13. The first-order chi connectivity index (χ1) is 9.95. The largest absolute Gasteiger partial charge is 0.467 e. The third-order valence-corrected chi connectivity index (χ3v) is 3.73. The number of nitrogens with zero attached hydrogens (tertiary/aromatic N) is 2. The molecule has 0 aliphatic carbocycles. The van der Waals surface area contributed by atoms with Gasteiger partial charge >= 0.3 is 5.97 Å². The van der Waals surface area contributed by atoms with E-state index in [1.807, 2.05) is 0 Å². The summed E-state index contributed by atoms with van der Waals surface area (Å²) in [6, 6.07) is 1.30. The molecule has 0 saturated carbocycles. The van der Waals surface area contributed by atoms with Crippen LogP contribution in [0.15, 0.2) is 16.6 Å². The highest BCUT2D eigenvalue weighted by Gasteiger charge is 2.34. The quantitative estimate of drug-likeness (QED) is 0.463. The van der Waals surface area contributed by atoms with E-state index in [1.54, 1.807) is 0 Å². The van der Waals surface area contributed by atoms with Gasteiger partial charge in [0, 0.05) is 6.54 Å². The van der Waals surface area contributed by atoms with Crippen molar-refractivity contribution >= 4 is 33.3 Å². The average Bonchev–Trinajstić information content (AvgIpc) is 2.48. The molecule has 1 saturated heterocycles. The van der Waals surface area contributed by atoms with Gasteiger partial charge in [0.2, 0.25) is 0 Å². The summed E-state index contributed by atoms with van der Waals surface area (Å²) in [5, 5.41) is 11.1. The molecular weight excluding hydrogens is 351 g/mol. The van der Waals surface area contributed by atoms with Gasteiger partial charge in [-0.25, -0.2) is 9.18 Å². The number of esters is 1. The molecule has 2 rings (SSSR count). The van der Waals surface area contributed by atoms with E-state index in [0.717, 1.165) is 6.07 Å². The van der Waals surface area contributed by atoms with Crippen molar-refractivity contribution in [2.24, 2.45) is 0 Å². The van der Waals surface area contributed by atoms with Crippen LogP contribution in [0.4, 0.5) is 15.8 Å². The maximum absolute atomic E-state index is 13.5. The zero-order chi connectivity index (χ0) is 15.6. The Morgan fingerprint density at radius 3 is 2.95 bits per heavy atom. The molecule has 1 aliphatic heterocycles. The van der Waals surface area contributed by atoms with Gasteiger partial charge in [-0.05, 0) is 22.0 Å². The standard InChI is InChI=1S/C12H12BrFN2O5/c1-20-12(17)11-6-21-3-2-15(11)9-4-7(13)8(14)5-10(9)16(18)19/h4-5,11H,2-3,6H2,1H3. The fourth-order valence-electron chi connectivity index (χ4n) is 2.13. The first kappa shape index (κ1) is 15.6. The van der Waals surface area contributed by atoms with Crippen molar-refractivity contribution in [1.29, 1.82) is 0 Å². The molecule has 1 aliphatic rings. The third-order valence-electron chi connectivity index (χ3n) is 3.13.